The summed E-state index contributed by atoms with van der Waals surface area (Å²) in [6.07, 6.45) is 4.50. The molecule has 2 atom stereocenters. The lowest BCUT2D eigenvalue weighted by Gasteiger charge is -2.37. The van der Waals surface area contributed by atoms with Crippen LogP contribution in [-0.2, 0) is 4.74 Å². The van der Waals surface area contributed by atoms with Gasteiger partial charge in [-0.1, -0.05) is 0 Å². The molecule has 2 fully saturated rings. The lowest BCUT2D eigenvalue weighted by molar-refractivity contribution is 0.0698. The van der Waals surface area contributed by atoms with Crippen molar-refractivity contribution in [2.24, 2.45) is 5.41 Å². The molecule has 0 radical (unpaired) electrons. The number of piperidine rings is 1. The van der Waals surface area contributed by atoms with Crippen molar-refractivity contribution in [2.75, 3.05) is 26.7 Å². The van der Waals surface area contributed by atoms with E-state index in [1.54, 1.807) is 0 Å². The fraction of sp³-hybridized carbons (Fsp3) is 1.00. The van der Waals surface area contributed by atoms with Gasteiger partial charge < -0.3 is 9.64 Å². The number of rotatable bonds is 0. The number of hydrogen-bond donors (Lipinski definition) is 0. The van der Waals surface area contributed by atoms with Crippen LogP contribution in [0.3, 0.4) is 0 Å². The monoisotopic (exact) mass is 169 g/mol. The third-order valence-electron chi connectivity index (χ3n) is 3.25. The molecule has 0 aromatic rings. The summed E-state index contributed by atoms with van der Waals surface area (Å²) >= 11 is 0. The second kappa shape index (κ2) is 3.00. The summed E-state index contributed by atoms with van der Waals surface area (Å²) in [5.74, 6) is 0. The predicted molar refractivity (Wildman–Crippen MR) is 49.2 cm³/mol. The van der Waals surface area contributed by atoms with Crippen LogP contribution in [-0.4, -0.2) is 37.7 Å². The van der Waals surface area contributed by atoms with Crippen LogP contribution in [0.25, 0.3) is 0 Å². The van der Waals surface area contributed by atoms with E-state index in [0.29, 0.717) is 11.5 Å². The Bertz CT molecular complexity index is 167. The maximum absolute atomic E-state index is 5.67. The fourth-order valence-corrected chi connectivity index (χ4v) is 2.79. The molecule has 0 amide bonds. The van der Waals surface area contributed by atoms with Crippen molar-refractivity contribution in [3.8, 4) is 0 Å². The van der Waals surface area contributed by atoms with Gasteiger partial charge in [0.25, 0.3) is 0 Å². The van der Waals surface area contributed by atoms with Crippen LogP contribution in [0.5, 0.6) is 0 Å². The lowest BCUT2D eigenvalue weighted by Crippen LogP contribution is -2.41. The second-order valence-corrected chi connectivity index (χ2v) is 4.67. The van der Waals surface area contributed by atoms with E-state index in [0.717, 1.165) is 6.61 Å². The summed E-state index contributed by atoms with van der Waals surface area (Å²) in [7, 11) is 2.23. The Kier molecular flexibility index (Phi) is 2.13. The first-order chi connectivity index (χ1) is 5.70. The van der Waals surface area contributed by atoms with Crippen molar-refractivity contribution in [1.82, 2.24) is 4.90 Å². The van der Waals surface area contributed by atoms with E-state index >= 15 is 0 Å². The molecule has 0 bridgehead atoms. The highest BCUT2D eigenvalue weighted by Crippen LogP contribution is 2.39. The topological polar surface area (TPSA) is 12.5 Å². The summed E-state index contributed by atoms with van der Waals surface area (Å²) in [5, 5.41) is 0. The molecular formula is C10H19NO. The van der Waals surface area contributed by atoms with Gasteiger partial charge in [0.15, 0.2) is 0 Å². The lowest BCUT2D eigenvalue weighted by atomic mass is 9.78. The van der Waals surface area contributed by atoms with E-state index in [2.05, 4.69) is 18.9 Å². The molecule has 2 heteroatoms. The van der Waals surface area contributed by atoms with Crippen LogP contribution in [0, 0.1) is 5.41 Å². The molecule has 2 nitrogen and oxygen atoms in total. The van der Waals surface area contributed by atoms with Crippen LogP contribution < -0.4 is 0 Å². The molecule has 0 saturated carbocycles. The van der Waals surface area contributed by atoms with E-state index in [1.165, 1.54) is 32.4 Å². The average Bonchev–Trinajstić information content (AvgIpc) is 2.32. The van der Waals surface area contributed by atoms with Gasteiger partial charge in [-0.15, -0.1) is 0 Å². The molecule has 0 aliphatic carbocycles. The highest BCUT2D eigenvalue weighted by molar-refractivity contribution is 4.91. The summed E-state index contributed by atoms with van der Waals surface area (Å²) in [5.41, 5.74) is 0.520. The molecule has 70 valence electrons. The van der Waals surface area contributed by atoms with Crippen LogP contribution in [0.1, 0.15) is 26.2 Å². The molecule has 2 unspecified atom stereocenters. The Morgan fingerprint density at radius 1 is 1.50 bits per heavy atom. The molecule has 2 aliphatic heterocycles. The fourth-order valence-electron chi connectivity index (χ4n) is 2.79. The van der Waals surface area contributed by atoms with Crippen LogP contribution >= 0.6 is 0 Å². The molecule has 2 saturated heterocycles. The number of hydrogen-bond acceptors (Lipinski definition) is 2. The molecule has 0 aromatic carbocycles. The summed E-state index contributed by atoms with van der Waals surface area (Å²) < 4.78 is 5.67. The normalized spacial score (nSPS) is 44.0. The number of likely N-dealkylation sites (tertiary alicyclic amines) is 1. The quantitative estimate of drug-likeness (QED) is 0.545. The summed E-state index contributed by atoms with van der Waals surface area (Å²) in [6, 6.07) is 0. The molecule has 2 aliphatic rings. The second-order valence-electron chi connectivity index (χ2n) is 4.67. The van der Waals surface area contributed by atoms with Gasteiger partial charge in [0.2, 0.25) is 0 Å². The van der Waals surface area contributed by atoms with Crippen molar-refractivity contribution in [1.29, 1.82) is 0 Å². The van der Waals surface area contributed by atoms with Crippen LogP contribution in [0.2, 0.25) is 0 Å². The number of ether oxygens (including phenoxy) is 1. The third-order valence-corrected chi connectivity index (χ3v) is 3.25. The largest absolute Gasteiger partial charge is 0.378 e. The first kappa shape index (κ1) is 8.52. The Morgan fingerprint density at radius 2 is 2.33 bits per heavy atom. The van der Waals surface area contributed by atoms with Crippen molar-refractivity contribution >= 4 is 0 Å². The zero-order valence-electron chi connectivity index (χ0n) is 8.18. The van der Waals surface area contributed by atoms with Crippen molar-refractivity contribution in [3.05, 3.63) is 0 Å². The highest BCUT2D eigenvalue weighted by Gasteiger charge is 2.40. The van der Waals surface area contributed by atoms with E-state index in [4.69, 9.17) is 4.74 Å². The third kappa shape index (κ3) is 1.50. The first-order valence-electron chi connectivity index (χ1n) is 5.00. The van der Waals surface area contributed by atoms with E-state index < -0.39 is 0 Å². The van der Waals surface area contributed by atoms with Crippen molar-refractivity contribution < 1.29 is 4.74 Å². The maximum atomic E-state index is 5.67. The van der Waals surface area contributed by atoms with Crippen LogP contribution in [0.15, 0.2) is 0 Å². The Hall–Kier alpha value is -0.0800. The molecule has 2 rings (SSSR count). The van der Waals surface area contributed by atoms with Gasteiger partial charge in [-0.3, -0.25) is 0 Å². The number of nitrogens with zero attached hydrogens (tertiary/aromatic N) is 1. The van der Waals surface area contributed by atoms with Gasteiger partial charge in [0.1, 0.15) is 0 Å². The minimum Gasteiger partial charge on any atom is -0.378 e. The van der Waals surface area contributed by atoms with Gasteiger partial charge in [0.05, 0.1) is 12.7 Å². The molecule has 1 spiro atoms. The van der Waals surface area contributed by atoms with E-state index in [-0.39, 0.29) is 0 Å². The molecule has 0 N–H and O–H groups in total. The first-order valence-corrected chi connectivity index (χ1v) is 5.00. The maximum Gasteiger partial charge on any atom is 0.0553 e. The Balaban J connectivity index is 2.00. The zero-order chi connectivity index (χ0) is 8.60. The molecule has 0 aromatic heterocycles. The molecule has 2 heterocycles. The zero-order valence-corrected chi connectivity index (χ0v) is 8.18. The summed E-state index contributed by atoms with van der Waals surface area (Å²) in [6.45, 7) is 5.72. The van der Waals surface area contributed by atoms with Crippen molar-refractivity contribution in [2.45, 2.75) is 32.3 Å². The standard InChI is InChI=1S/C10H19NO/c1-9-6-10(8-12-9)4-3-5-11(2)7-10/h9H,3-8H2,1-2H3. The molecule has 12 heavy (non-hydrogen) atoms. The Labute approximate surface area is 74.9 Å². The van der Waals surface area contributed by atoms with Gasteiger partial charge in [-0.05, 0) is 39.8 Å². The highest BCUT2D eigenvalue weighted by atomic mass is 16.5. The van der Waals surface area contributed by atoms with Crippen LogP contribution in [0.4, 0.5) is 0 Å². The average molecular weight is 169 g/mol. The Morgan fingerprint density at radius 3 is 2.92 bits per heavy atom. The van der Waals surface area contributed by atoms with E-state index in [1.807, 2.05) is 0 Å². The predicted octanol–water partition coefficient (Wildman–Crippen LogP) is 1.51. The smallest absolute Gasteiger partial charge is 0.0553 e. The van der Waals surface area contributed by atoms with Crippen molar-refractivity contribution in [3.63, 3.8) is 0 Å². The van der Waals surface area contributed by atoms with Gasteiger partial charge in [0, 0.05) is 12.0 Å². The van der Waals surface area contributed by atoms with Gasteiger partial charge in [-0.25, -0.2) is 0 Å². The minimum absolute atomic E-state index is 0.497. The SMILES string of the molecule is CC1CC2(CCCN(C)C2)CO1. The molecular weight excluding hydrogens is 150 g/mol. The van der Waals surface area contributed by atoms with E-state index in [9.17, 15) is 0 Å². The summed E-state index contributed by atoms with van der Waals surface area (Å²) in [4.78, 5) is 2.45. The van der Waals surface area contributed by atoms with Gasteiger partial charge in [-0.2, -0.15) is 0 Å². The van der Waals surface area contributed by atoms with Gasteiger partial charge >= 0.3 is 0 Å². The minimum atomic E-state index is 0.497.